The number of amides is 1. The smallest absolute Gasteiger partial charge is 0.328 e. The highest BCUT2D eigenvalue weighted by molar-refractivity contribution is 5.90. The lowest BCUT2D eigenvalue weighted by atomic mass is 10.1. The van der Waals surface area contributed by atoms with Crippen LogP contribution in [0.5, 0.6) is 0 Å². The summed E-state index contributed by atoms with van der Waals surface area (Å²) < 4.78 is 9.72. The van der Waals surface area contributed by atoms with Gasteiger partial charge in [-0.25, -0.2) is 4.79 Å². The number of carbonyl (C=O) groups excluding carboxylic acids is 3. The van der Waals surface area contributed by atoms with E-state index >= 15 is 0 Å². The van der Waals surface area contributed by atoms with Gasteiger partial charge in [-0.2, -0.15) is 0 Å². The van der Waals surface area contributed by atoms with Crippen molar-refractivity contribution in [3.05, 3.63) is 35.9 Å². The summed E-state index contributed by atoms with van der Waals surface area (Å²) in [5.74, 6) is -2.26. The molecular formula is C17H23NO6. The number of benzene rings is 1. The molecule has 7 nitrogen and oxygen atoms in total. The van der Waals surface area contributed by atoms with E-state index in [2.05, 4.69) is 10.1 Å². The molecule has 1 amide bonds. The van der Waals surface area contributed by atoms with Crippen molar-refractivity contribution in [2.45, 2.75) is 44.9 Å². The molecule has 24 heavy (non-hydrogen) atoms. The molecule has 1 aromatic rings. The van der Waals surface area contributed by atoms with Crippen LogP contribution in [0, 0.1) is 0 Å². The highest BCUT2D eigenvalue weighted by Crippen LogP contribution is 2.14. The molecule has 0 aliphatic rings. The van der Waals surface area contributed by atoms with Crippen molar-refractivity contribution in [1.29, 1.82) is 0 Å². The summed E-state index contributed by atoms with van der Waals surface area (Å²) in [6, 6.07) is 7.00. The van der Waals surface area contributed by atoms with Crippen LogP contribution in [0.15, 0.2) is 30.3 Å². The minimum Gasteiger partial charge on any atom is -0.467 e. The van der Waals surface area contributed by atoms with E-state index in [1.165, 1.54) is 0 Å². The van der Waals surface area contributed by atoms with Crippen molar-refractivity contribution in [2.24, 2.45) is 0 Å². The molecule has 0 heterocycles. The minimum absolute atomic E-state index is 0.371. The van der Waals surface area contributed by atoms with E-state index in [0.717, 1.165) is 7.11 Å². The number of hydrogen-bond acceptors (Lipinski definition) is 6. The van der Waals surface area contributed by atoms with Crippen molar-refractivity contribution in [2.75, 3.05) is 7.11 Å². The van der Waals surface area contributed by atoms with Gasteiger partial charge in [-0.15, -0.1) is 0 Å². The lowest BCUT2D eigenvalue weighted by Crippen LogP contribution is -2.45. The first kappa shape index (κ1) is 19.6. The van der Waals surface area contributed by atoms with Crippen LogP contribution in [0.4, 0.5) is 0 Å². The van der Waals surface area contributed by atoms with E-state index in [0.29, 0.717) is 5.56 Å². The number of methoxy groups -OCH3 is 1. The van der Waals surface area contributed by atoms with Crippen LogP contribution >= 0.6 is 0 Å². The Balaban J connectivity index is 2.77. The maximum atomic E-state index is 12.1. The Labute approximate surface area is 141 Å². The molecule has 0 bridgehead atoms. The monoisotopic (exact) mass is 337 g/mol. The van der Waals surface area contributed by atoms with Gasteiger partial charge in [0.15, 0.2) is 6.10 Å². The zero-order valence-corrected chi connectivity index (χ0v) is 14.2. The number of carbonyl (C=O) groups is 3. The van der Waals surface area contributed by atoms with E-state index in [1.807, 2.05) is 0 Å². The SMILES string of the molecule is COC(=O)[C@@H](CC(=O)OC(C)(C)C)NC(=O)[C@@H](O)c1ccccc1. The summed E-state index contributed by atoms with van der Waals surface area (Å²) in [6.45, 7) is 5.07. The number of rotatable bonds is 6. The molecule has 0 aliphatic heterocycles. The van der Waals surface area contributed by atoms with Crippen LogP contribution < -0.4 is 5.32 Å². The average Bonchev–Trinajstić information content (AvgIpc) is 2.51. The number of hydrogen-bond donors (Lipinski definition) is 2. The zero-order chi connectivity index (χ0) is 18.3. The summed E-state index contributed by atoms with van der Waals surface area (Å²) >= 11 is 0. The topological polar surface area (TPSA) is 102 Å². The Hall–Kier alpha value is -2.41. The van der Waals surface area contributed by atoms with Crippen LogP contribution in [0.2, 0.25) is 0 Å². The summed E-state index contributed by atoms with van der Waals surface area (Å²) in [5, 5.41) is 12.4. The summed E-state index contributed by atoms with van der Waals surface area (Å²) in [5.41, 5.74) is -0.346. The Morgan fingerprint density at radius 1 is 1.17 bits per heavy atom. The van der Waals surface area contributed by atoms with Crippen LogP contribution in [0.3, 0.4) is 0 Å². The first-order chi connectivity index (χ1) is 11.1. The van der Waals surface area contributed by atoms with Crippen LogP contribution in [0.1, 0.15) is 38.9 Å². The summed E-state index contributed by atoms with van der Waals surface area (Å²) in [4.78, 5) is 35.8. The van der Waals surface area contributed by atoms with Crippen LogP contribution in [-0.4, -0.2) is 41.7 Å². The minimum atomic E-state index is -1.46. The van der Waals surface area contributed by atoms with Gasteiger partial charge in [-0.3, -0.25) is 9.59 Å². The lowest BCUT2D eigenvalue weighted by molar-refractivity contribution is -0.159. The van der Waals surface area contributed by atoms with E-state index in [-0.39, 0.29) is 0 Å². The maximum absolute atomic E-state index is 12.1. The molecule has 0 spiro atoms. The van der Waals surface area contributed by atoms with Crippen molar-refractivity contribution in [3.63, 3.8) is 0 Å². The largest absolute Gasteiger partial charge is 0.467 e. The van der Waals surface area contributed by atoms with Gasteiger partial charge in [0.05, 0.1) is 13.5 Å². The molecule has 132 valence electrons. The first-order valence-corrected chi connectivity index (χ1v) is 7.47. The fraction of sp³-hybridized carbons (Fsp3) is 0.471. The highest BCUT2D eigenvalue weighted by atomic mass is 16.6. The van der Waals surface area contributed by atoms with Gasteiger partial charge in [0, 0.05) is 0 Å². The number of aliphatic hydroxyl groups is 1. The second-order valence-electron chi connectivity index (χ2n) is 6.19. The fourth-order valence-electron chi connectivity index (χ4n) is 1.92. The van der Waals surface area contributed by atoms with E-state index in [4.69, 9.17) is 4.74 Å². The molecule has 0 radical (unpaired) electrons. The zero-order valence-electron chi connectivity index (χ0n) is 14.2. The third-order valence-electron chi connectivity index (χ3n) is 2.96. The van der Waals surface area contributed by atoms with Crippen LogP contribution in [-0.2, 0) is 23.9 Å². The first-order valence-electron chi connectivity index (χ1n) is 7.47. The average molecular weight is 337 g/mol. The normalized spacial score (nSPS) is 13.5. The molecule has 0 unspecified atom stereocenters. The van der Waals surface area contributed by atoms with Gasteiger partial charge in [0.25, 0.3) is 5.91 Å². The predicted molar refractivity (Wildman–Crippen MR) is 85.8 cm³/mol. The molecule has 0 aliphatic carbocycles. The Bertz CT molecular complexity index is 578. The van der Waals surface area contributed by atoms with E-state index < -0.39 is 42.0 Å². The van der Waals surface area contributed by atoms with Crippen LogP contribution in [0.25, 0.3) is 0 Å². The molecule has 0 fully saturated rings. The third-order valence-corrected chi connectivity index (χ3v) is 2.96. The Morgan fingerprint density at radius 3 is 2.25 bits per heavy atom. The van der Waals surface area contributed by atoms with E-state index in [1.54, 1.807) is 51.1 Å². The van der Waals surface area contributed by atoms with Gasteiger partial charge in [-0.05, 0) is 26.3 Å². The lowest BCUT2D eigenvalue weighted by Gasteiger charge is -2.22. The Morgan fingerprint density at radius 2 is 1.75 bits per heavy atom. The molecule has 0 aromatic heterocycles. The quantitative estimate of drug-likeness (QED) is 0.754. The molecule has 2 atom stereocenters. The molecule has 7 heteroatoms. The van der Waals surface area contributed by atoms with Crippen molar-refractivity contribution < 1.29 is 29.0 Å². The number of esters is 2. The number of aliphatic hydroxyl groups excluding tert-OH is 1. The van der Waals surface area contributed by atoms with Gasteiger partial charge in [0.1, 0.15) is 11.6 Å². The fourth-order valence-corrected chi connectivity index (χ4v) is 1.92. The standard InChI is InChI=1S/C17H23NO6/c1-17(2,3)24-13(19)10-12(16(22)23-4)18-15(21)14(20)11-8-6-5-7-9-11/h5-9,12,14,20H,10H2,1-4H3,(H,18,21)/t12-,14+/m1/s1. The van der Waals surface area contributed by atoms with Gasteiger partial charge in [-0.1, -0.05) is 30.3 Å². The number of nitrogens with one attached hydrogen (secondary N) is 1. The highest BCUT2D eigenvalue weighted by Gasteiger charge is 2.29. The molecule has 1 rings (SSSR count). The third kappa shape index (κ3) is 6.37. The molecule has 0 saturated heterocycles. The van der Waals surface area contributed by atoms with Crippen molar-refractivity contribution in [1.82, 2.24) is 5.32 Å². The summed E-state index contributed by atoms with van der Waals surface area (Å²) in [7, 11) is 1.14. The maximum Gasteiger partial charge on any atom is 0.328 e. The van der Waals surface area contributed by atoms with Gasteiger partial charge in [0.2, 0.25) is 0 Å². The van der Waals surface area contributed by atoms with Crippen molar-refractivity contribution in [3.8, 4) is 0 Å². The van der Waals surface area contributed by atoms with Gasteiger partial charge < -0.3 is 19.9 Å². The van der Waals surface area contributed by atoms with Gasteiger partial charge >= 0.3 is 11.9 Å². The summed E-state index contributed by atoms with van der Waals surface area (Å²) in [6.07, 6.45) is -1.85. The molecular weight excluding hydrogens is 314 g/mol. The molecule has 1 aromatic carbocycles. The predicted octanol–water partition coefficient (Wildman–Crippen LogP) is 1.11. The second-order valence-corrected chi connectivity index (χ2v) is 6.19. The molecule has 0 saturated carbocycles. The Kier molecular flexibility index (Phi) is 6.91. The second kappa shape index (κ2) is 8.44. The van der Waals surface area contributed by atoms with Crippen molar-refractivity contribution >= 4 is 17.8 Å². The van der Waals surface area contributed by atoms with E-state index in [9.17, 15) is 19.5 Å². The molecule has 2 N–H and O–H groups in total. The number of ether oxygens (including phenoxy) is 2.